The lowest BCUT2D eigenvalue weighted by Gasteiger charge is -2.11. The Morgan fingerprint density at radius 2 is 1.64 bits per heavy atom. The highest BCUT2D eigenvalue weighted by molar-refractivity contribution is 7.92. The number of anilines is 1. The van der Waals surface area contributed by atoms with E-state index < -0.39 is 10.0 Å². The van der Waals surface area contributed by atoms with Gasteiger partial charge in [-0.3, -0.25) is 4.72 Å². The number of hydrogen-bond donors (Lipinski definition) is 2. The number of aromatic hydroxyl groups is 1. The lowest BCUT2D eigenvalue weighted by atomic mass is 10.2. The first kappa shape index (κ1) is 14.2. The third-order valence-electron chi connectivity index (χ3n) is 3.08. The van der Waals surface area contributed by atoms with E-state index in [1.54, 1.807) is 30.3 Å². The Kier molecular flexibility index (Phi) is 3.60. The molecule has 0 aliphatic carbocycles. The van der Waals surface area contributed by atoms with E-state index in [0.29, 0.717) is 17.0 Å². The van der Waals surface area contributed by atoms with Gasteiger partial charge in [-0.25, -0.2) is 8.42 Å². The van der Waals surface area contributed by atoms with Gasteiger partial charge < -0.3 is 9.52 Å². The summed E-state index contributed by atoms with van der Waals surface area (Å²) in [5.41, 5.74) is 0.853. The lowest BCUT2D eigenvalue weighted by molar-refractivity contribution is 0.475. The average Bonchev–Trinajstić information content (AvgIpc) is 3.04. The maximum absolute atomic E-state index is 12.6. The van der Waals surface area contributed by atoms with Gasteiger partial charge in [-0.15, -0.1) is 0 Å². The molecule has 1 aromatic heterocycles. The van der Waals surface area contributed by atoms with Gasteiger partial charge in [0.05, 0.1) is 11.2 Å². The van der Waals surface area contributed by atoms with Gasteiger partial charge in [-0.2, -0.15) is 0 Å². The summed E-state index contributed by atoms with van der Waals surface area (Å²) in [5, 5.41) is 9.25. The van der Waals surface area contributed by atoms with Gasteiger partial charge in [0.1, 0.15) is 11.5 Å². The summed E-state index contributed by atoms with van der Waals surface area (Å²) in [6.07, 6.45) is 1.49. The van der Waals surface area contributed by atoms with E-state index in [9.17, 15) is 13.5 Å². The van der Waals surface area contributed by atoms with Crippen LogP contribution in [0.2, 0.25) is 0 Å². The molecule has 5 nitrogen and oxygen atoms in total. The number of benzene rings is 2. The summed E-state index contributed by atoms with van der Waals surface area (Å²) in [5.74, 6) is 0.547. The van der Waals surface area contributed by atoms with E-state index >= 15 is 0 Å². The highest BCUT2D eigenvalue weighted by Gasteiger charge is 2.20. The van der Waals surface area contributed by atoms with Crippen LogP contribution in [0.15, 0.2) is 76.2 Å². The standard InChI is InChI=1S/C16H13NO4S/c18-13-9-7-12(8-10-13)17-22(19,20)16-6-2-1-4-14(16)15-5-3-11-21-15/h1-11,17-18H. The second-order valence-corrected chi connectivity index (χ2v) is 6.28. The summed E-state index contributed by atoms with van der Waals surface area (Å²) in [4.78, 5) is 0.123. The third kappa shape index (κ3) is 2.82. The van der Waals surface area contributed by atoms with Gasteiger partial charge in [0.25, 0.3) is 10.0 Å². The molecular weight excluding hydrogens is 302 g/mol. The second kappa shape index (κ2) is 5.57. The number of hydrogen-bond acceptors (Lipinski definition) is 4. The van der Waals surface area contributed by atoms with Crippen LogP contribution in [0.25, 0.3) is 11.3 Å². The zero-order valence-electron chi connectivity index (χ0n) is 11.4. The first-order chi connectivity index (χ1) is 10.6. The first-order valence-electron chi connectivity index (χ1n) is 6.51. The number of phenols is 1. The largest absolute Gasteiger partial charge is 0.508 e. The minimum Gasteiger partial charge on any atom is -0.508 e. The van der Waals surface area contributed by atoms with Crippen molar-refractivity contribution in [3.8, 4) is 17.1 Å². The molecule has 0 amide bonds. The Labute approximate surface area is 127 Å². The van der Waals surface area contributed by atoms with Gasteiger partial charge in [-0.05, 0) is 48.5 Å². The minimum absolute atomic E-state index is 0.0685. The van der Waals surface area contributed by atoms with Crippen molar-refractivity contribution in [2.75, 3.05) is 4.72 Å². The fourth-order valence-electron chi connectivity index (χ4n) is 2.08. The Balaban J connectivity index is 2.01. The summed E-state index contributed by atoms with van der Waals surface area (Å²) < 4.78 is 33.0. The fourth-order valence-corrected chi connectivity index (χ4v) is 3.35. The van der Waals surface area contributed by atoms with Gasteiger partial charge in [0.15, 0.2) is 0 Å². The minimum atomic E-state index is -3.77. The van der Waals surface area contributed by atoms with Crippen molar-refractivity contribution in [1.82, 2.24) is 0 Å². The number of phenolic OH excluding ortho intramolecular Hbond substituents is 1. The molecule has 0 aliphatic rings. The van der Waals surface area contributed by atoms with E-state index in [4.69, 9.17) is 4.42 Å². The van der Waals surface area contributed by atoms with E-state index in [-0.39, 0.29) is 10.6 Å². The number of sulfonamides is 1. The van der Waals surface area contributed by atoms with Crippen molar-refractivity contribution < 1.29 is 17.9 Å². The Bertz CT molecular complexity index is 869. The van der Waals surface area contributed by atoms with Crippen LogP contribution in [0, 0.1) is 0 Å². The van der Waals surface area contributed by atoms with Crippen molar-refractivity contribution in [1.29, 1.82) is 0 Å². The Morgan fingerprint density at radius 3 is 2.32 bits per heavy atom. The smallest absolute Gasteiger partial charge is 0.262 e. The van der Waals surface area contributed by atoms with E-state index in [1.165, 1.54) is 36.6 Å². The number of rotatable bonds is 4. The Morgan fingerprint density at radius 1 is 0.909 bits per heavy atom. The van der Waals surface area contributed by atoms with Crippen molar-refractivity contribution in [3.63, 3.8) is 0 Å². The predicted octanol–water partition coefficient (Wildman–Crippen LogP) is 3.45. The maximum atomic E-state index is 12.6. The SMILES string of the molecule is O=S(=O)(Nc1ccc(O)cc1)c1ccccc1-c1ccco1. The molecule has 0 saturated carbocycles. The molecule has 112 valence electrons. The van der Waals surface area contributed by atoms with Crippen LogP contribution < -0.4 is 4.72 Å². The monoisotopic (exact) mass is 315 g/mol. The van der Waals surface area contributed by atoms with E-state index in [1.807, 2.05) is 0 Å². The molecule has 0 spiro atoms. The first-order valence-corrected chi connectivity index (χ1v) is 7.99. The highest BCUT2D eigenvalue weighted by Crippen LogP contribution is 2.29. The van der Waals surface area contributed by atoms with Crippen molar-refractivity contribution in [3.05, 3.63) is 66.9 Å². The van der Waals surface area contributed by atoms with Crippen molar-refractivity contribution in [2.45, 2.75) is 4.90 Å². The summed E-state index contributed by atoms with van der Waals surface area (Å²) in [6, 6.07) is 15.8. The zero-order valence-corrected chi connectivity index (χ0v) is 12.2. The van der Waals surface area contributed by atoms with Crippen molar-refractivity contribution in [2.24, 2.45) is 0 Å². The zero-order chi connectivity index (χ0) is 15.6. The van der Waals surface area contributed by atoms with Gasteiger partial charge in [-0.1, -0.05) is 12.1 Å². The van der Waals surface area contributed by atoms with Gasteiger partial charge >= 0.3 is 0 Å². The van der Waals surface area contributed by atoms with Gasteiger partial charge in [0, 0.05) is 11.3 Å². The quantitative estimate of drug-likeness (QED) is 0.723. The summed E-state index contributed by atoms with van der Waals surface area (Å²) in [7, 11) is -3.77. The second-order valence-electron chi connectivity index (χ2n) is 4.63. The molecule has 2 N–H and O–H groups in total. The number of nitrogens with one attached hydrogen (secondary N) is 1. The molecular formula is C16H13NO4S. The molecule has 0 fully saturated rings. The molecule has 6 heteroatoms. The van der Waals surface area contributed by atoms with Crippen LogP contribution in [-0.4, -0.2) is 13.5 Å². The predicted molar refractivity (Wildman–Crippen MR) is 83.1 cm³/mol. The fraction of sp³-hybridized carbons (Fsp3) is 0. The summed E-state index contributed by atoms with van der Waals surface area (Å²) >= 11 is 0. The average molecular weight is 315 g/mol. The summed E-state index contributed by atoms with van der Waals surface area (Å²) in [6.45, 7) is 0. The molecule has 3 rings (SSSR count). The molecule has 0 radical (unpaired) electrons. The van der Waals surface area contributed by atoms with E-state index in [2.05, 4.69) is 4.72 Å². The maximum Gasteiger partial charge on any atom is 0.262 e. The molecule has 1 heterocycles. The molecule has 0 bridgehead atoms. The van der Waals surface area contributed by atoms with E-state index in [0.717, 1.165) is 0 Å². The normalized spacial score (nSPS) is 11.3. The number of furan rings is 1. The molecule has 2 aromatic carbocycles. The van der Waals surface area contributed by atoms with Crippen LogP contribution in [0.4, 0.5) is 5.69 Å². The lowest BCUT2D eigenvalue weighted by Crippen LogP contribution is -2.13. The molecule has 0 saturated heterocycles. The molecule has 0 aliphatic heterocycles. The third-order valence-corrected chi connectivity index (χ3v) is 4.52. The molecule has 0 atom stereocenters. The highest BCUT2D eigenvalue weighted by atomic mass is 32.2. The van der Waals surface area contributed by atoms with Gasteiger partial charge in [0.2, 0.25) is 0 Å². The van der Waals surface area contributed by atoms with Crippen LogP contribution in [0.3, 0.4) is 0 Å². The molecule has 22 heavy (non-hydrogen) atoms. The van der Waals surface area contributed by atoms with Crippen LogP contribution in [-0.2, 0) is 10.0 Å². The molecule has 0 unspecified atom stereocenters. The molecule has 3 aromatic rings. The van der Waals surface area contributed by atoms with Crippen LogP contribution in [0.1, 0.15) is 0 Å². The topological polar surface area (TPSA) is 79.5 Å². The van der Waals surface area contributed by atoms with Crippen molar-refractivity contribution >= 4 is 15.7 Å². The Hall–Kier alpha value is -2.73. The van der Waals surface area contributed by atoms with Crippen LogP contribution in [0.5, 0.6) is 5.75 Å². The van der Waals surface area contributed by atoms with Crippen LogP contribution >= 0.6 is 0 Å².